The standard InChI is InChI=1S/C16H18Cl2N2/c1-11-8-13(9-17)10-19-16(11)20(3)12(2)14-4-6-15(18)7-5-14/h4-8,10,12H,9H2,1-3H3. The molecule has 1 aromatic carbocycles. The Hall–Kier alpha value is -1.25. The van der Waals surface area contributed by atoms with Crippen molar-refractivity contribution in [1.29, 1.82) is 0 Å². The van der Waals surface area contributed by atoms with Crippen LogP contribution in [0.1, 0.15) is 29.7 Å². The molecule has 0 radical (unpaired) electrons. The first kappa shape index (κ1) is 15.1. The summed E-state index contributed by atoms with van der Waals surface area (Å²) in [4.78, 5) is 6.69. The van der Waals surface area contributed by atoms with Crippen LogP contribution >= 0.6 is 23.2 Å². The fourth-order valence-corrected chi connectivity index (χ4v) is 2.49. The summed E-state index contributed by atoms with van der Waals surface area (Å²) in [5.74, 6) is 1.46. The van der Waals surface area contributed by atoms with Crippen LogP contribution in [0.5, 0.6) is 0 Å². The molecule has 0 N–H and O–H groups in total. The molecule has 0 fully saturated rings. The van der Waals surface area contributed by atoms with E-state index in [-0.39, 0.29) is 6.04 Å². The zero-order chi connectivity index (χ0) is 14.7. The summed E-state index contributed by atoms with van der Waals surface area (Å²) in [7, 11) is 2.05. The number of halogens is 2. The van der Waals surface area contributed by atoms with Crippen LogP contribution in [0.25, 0.3) is 0 Å². The van der Waals surface area contributed by atoms with Crippen molar-refractivity contribution in [3.05, 3.63) is 58.2 Å². The Morgan fingerprint density at radius 2 is 1.90 bits per heavy atom. The predicted molar refractivity (Wildman–Crippen MR) is 86.8 cm³/mol. The fourth-order valence-electron chi connectivity index (χ4n) is 2.22. The molecule has 1 unspecified atom stereocenters. The van der Waals surface area contributed by atoms with Crippen LogP contribution in [0.2, 0.25) is 5.02 Å². The van der Waals surface area contributed by atoms with Gasteiger partial charge in [-0.25, -0.2) is 4.98 Å². The number of pyridine rings is 1. The summed E-state index contributed by atoms with van der Waals surface area (Å²) in [6, 6.07) is 10.2. The van der Waals surface area contributed by atoms with Crippen molar-refractivity contribution < 1.29 is 0 Å². The SMILES string of the molecule is Cc1cc(CCl)cnc1N(C)C(C)c1ccc(Cl)cc1. The van der Waals surface area contributed by atoms with Gasteiger partial charge in [-0.05, 0) is 48.7 Å². The average Bonchev–Trinajstić information content (AvgIpc) is 2.46. The van der Waals surface area contributed by atoms with E-state index >= 15 is 0 Å². The quantitative estimate of drug-likeness (QED) is 0.741. The largest absolute Gasteiger partial charge is 0.353 e. The van der Waals surface area contributed by atoms with Gasteiger partial charge in [0.15, 0.2) is 0 Å². The minimum absolute atomic E-state index is 0.223. The summed E-state index contributed by atoms with van der Waals surface area (Å²) in [6.45, 7) is 4.21. The molecule has 0 amide bonds. The van der Waals surface area contributed by atoms with E-state index in [4.69, 9.17) is 23.2 Å². The fraction of sp³-hybridized carbons (Fsp3) is 0.312. The van der Waals surface area contributed by atoms with E-state index < -0.39 is 0 Å². The second-order valence-electron chi connectivity index (χ2n) is 4.96. The van der Waals surface area contributed by atoms with Crippen molar-refractivity contribution in [2.24, 2.45) is 0 Å². The summed E-state index contributed by atoms with van der Waals surface area (Å²) in [6.07, 6.45) is 1.83. The number of hydrogen-bond acceptors (Lipinski definition) is 2. The van der Waals surface area contributed by atoms with Gasteiger partial charge in [0.2, 0.25) is 0 Å². The zero-order valence-corrected chi connectivity index (χ0v) is 13.4. The first-order valence-electron chi connectivity index (χ1n) is 6.52. The van der Waals surface area contributed by atoms with Crippen LogP contribution < -0.4 is 4.90 Å². The highest BCUT2D eigenvalue weighted by atomic mass is 35.5. The Labute approximate surface area is 130 Å². The van der Waals surface area contributed by atoms with Gasteiger partial charge < -0.3 is 4.90 Å². The summed E-state index contributed by atoms with van der Waals surface area (Å²) >= 11 is 11.8. The lowest BCUT2D eigenvalue weighted by Crippen LogP contribution is -2.23. The second kappa shape index (κ2) is 6.47. The van der Waals surface area contributed by atoms with E-state index in [1.165, 1.54) is 5.56 Å². The van der Waals surface area contributed by atoms with Gasteiger partial charge in [0, 0.05) is 24.1 Å². The van der Waals surface area contributed by atoms with Crippen molar-refractivity contribution in [2.75, 3.05) is 11.9 Å². The van der Waals surface area contributed by atoms with Gasteiger partial charge in [-0.15, -0.1) is 11.6 Å². The number of hydrogen-bond donors (Lipinski definition) is 0. The maximum Gasteiger partial charge on any atom is 0.131 e. The highest BCUT2D eigenvalue weighted by molar-refractivity contribution is 6.30. The van der Waals surface area contributed by atoms with E-state index in [1.807, 2.05) is 30.5 Å². The van der Waals surface area contributed by atoms with Gasteiger partial charge in [0.25, 0.3) is 0 Å². The van der Waals surface area contributed by atoms with E-state index in [1.54, 1.807) is 0 Å². The zero-order valence-electron chi connectivity index (χ0n) is 11.9. The molecule has 0 aliphatic heterocycles. The lowest BCUT2D eigenvalue weighted by atomic mass is 10.1. The van der Waals surface area contributed by atoms with Gasteiger partial charge >= 0.3 is 0 Å². The Morgan fingerprint density at radius 3 is 2.45 bits per heavy atom. The molecule has 0 aliphatic rings. The summed E-state index contributed by atoms with van der Waals surface area (Å²) < 4.78 is 0. The molecule has 2 aromatic rings. The molecule has 1 heterocycles. The van der Waals surface area contributed by atoms with E-state index in [0.29, 0.717) is 5.88 Å². The number of rotatable bonds is 4. The van der Waals surface area contributed by atoms with Crippen molar-refractivity contribution in [2.45, 2.75) is 25.8 Å². The van der Waals surface area contributed by atoms with Crippen LogP contribution in [-0.2, 0) is 5.88 Å². The Bertz CT molecular complexity index is 582. The van der Waals surface area contributed by atoms with Crippen LogP contribution in [0, 0.1) is 6.92 Å². The Kier molecular flexibility index (Phi) is 4.90. The number of anilines is 1. The van der Waals surface area contributed by atoms with Gasteiger partial charge in [-0.1, -0.05) is 23.7 Å². The molecule has 1 atom stereocenters. The Balaban J connectivity index is 2.26. The van der Waals surface area contributed by atoms with Crippen LogP contribution in [0.4, 0.5) is 5.82 Å². The molecule has 0 saturated carbocycles. The number of aryl methyl sites for hydroxylation is 1. The Morgan fingerprint density at radius 1 is 1.25 bits per heavy atom. The van der Waals surface area contributed by atoms with E-state index in [9.17, 15) is 0 Å². The van der Waals surface area contributed by atoms with Gasteiger partial charge in [-0.3, -0.25) is 0 Å². The molecule has 0 saturated heterocycles. The minimum Gasteiger partial charge on any atom is -0.353 e. The van der Waals surface area contributed by atoms with Gasteiger partial charge in [0.05, 0.1) is 6.04 Å². The predicted octanol–water partition coefficient (Wildman–Crippen LogP) is 4.98. The van der Waals surface area contributed by atoms with Crippen molar-refractivity contribution in [3.63, 3.8) is 0 Å². The van der Waals surface area contributed by atoms with Crippen LogP contribution in [-0.4, -0.2) is 12.0 Å². The number of benzene rings is 1. The molecular weight excluding hydrogens is 291 g/mol. The molecule has 2 rings (SSSR count). The maximum absolute atomic E-state index is 5.93. The lowest BCUT2D eigenvalue weighted by molar-refractivity contribution is 0.725. The molecule has 20 heavy (non-hydrogen) atoms. The van der Waals surface area contributed by atoms with Crippen molar-refractivity contribution in [1.82, 2.24) is 4.98 Å². The third kappa shape index (κ3) is 3.25. The van der Waals surface area contributed by atoms with E-state index in [0.717, 1.165) is 22.0 Å². The van der Waals surface area contributed by atoms with Crippen LogP contribution in [0.3, 0.4) is 0 Å². The lowest BCUT2D eigenvalue weighted by Gasteiger charge is -2.28. The maximum atomic E-state index is 5.93. The van der Waals surface area contributed by atoms with Crippen molar-refractivity contribution >= 4 is 29.0 Å². The molecule has 0 spiro atoms. The molecule has 1 aromatic heterocycles. The average molecular weight is 309 g/mol. The first-order chi connectivity index (χ1) is 9.52. The van der Waals surface area contributed by atoms with Crippen LogP contribution in [0.15, 0.2) is 36.5 Å². The molecule has 2 nitrogen and oxygen atoms in total. The van der Waals surface area contributed by atoms with Gasteiger partial charge in [0.1, 0.15) is 5.82 Å². The number of nitrogens with zero attached hydrogens (tertiary/aromatic N) is 2. The molecule has 0 bridgehead atoms. The van der Waals surface area contributed by atoms with Crippen molar-refractivity contribution in [3.8, 4) is 0 Å². The number of alkyl halides is 1. The third-order valence-electron chi connectivity index (χ3n) is 3.53. The normalized spacial score (nSPS) is 12.2. The van der Waals surface area contributed by atoms with E-state index in [2.05, 4.69) is 36.8 Å². The second-order valence-corrected chi connectivity index (χ2v) is 5.66. The topological polar surface area (TPSA) is 16.1 Å². The summed E-state index contributed by atoms with van der Waals surface area (Å²) in [5.41, 5.74) is 3.38. The molecule has 4 heteroatoms. The smallest absolute Gasteiger partial charge is 0.131 e. The van der Waals surface area contributed by atoms with Gasteiger partial charge in [-0.2, -0.15) is 0 Å². The molecule has 0 aliphatic carbocycles. The first-order valence-corrected chi connectivity index (χ1v) is 7.44. The molecule has 106 valence electrons. The summed E-state index contributed by atoms with van der Waals surface area (Å²) in [5, 5.41) is 0.754. The minimum atomic E-state index is 0.223. The molecular formula is C16H18Cl2N2. The highest BCUT2D eigenvalue weighted by Gasteiger charge is 2.15. The monoisotopic (exact) mass is 308 g/mol. The number of aromatic nitrogens is 1. The highest BCUT2D eigenvalue weighted by Crippen LogP contribution is 2.27. The third-order valence-corrected chi connectivity index (χ3v) is 4.09.